The number of hydrogen-bond acceptors (Lipinski definition) is 3. The minimum absolute atomic E-state index is 0.109. The molecule has 0 saturated heterocycles. The van der Waals surface area contributed by atoms with Gasteiger partial charge in [-0.2, -0.15) is 13.2 Å². The summed E-state index contributed by atoms with van der Waals surface area (Å²) in [5, 5.41) is -1.14. The van der Waals surface area contributed by atoms with Crippen LogP contribution in [0.4, 0.5) is 13.2 Å². The van der Waals surface area contributed by atoms with Gasteiger partial charge in [0.25, 0.3) is 5.24 Å². The zero-order chi connectivity index (χ0) is 25.2. The lowest BCUT2D eigenvalue weighted by atomic mass is 9.99. The summed E-state index contributed by atoms with van der Waals surface area (Å²) in [5.41, 5.74) is 2.17. The number of pyridine rings is 1. The van der Waals surface area contributed by atoms with Crippen molar-refractivity contribution in [2.45, 2.75) is 32.5 Å². The quantitative estimate of drug-likeness (QED) is 0.155. The minimum Gasteiger partial charge on any atom is -0.487 e. The van der Waals surface area contributed by atoms with E-state index >= 15 is 0 Å². The van der Waals surface area contributed by atoms with Crippen LogP contribution in [-0.4, -0.2) is 15.4 Å². The first-order valence-electron chi connectivity index (χ1n) is 10.9. The number of hydrogen-bond donors (Lipinski definition) is 0. The van der Waals surface area contributed by atoms with Crippen LogP contribution in [0.2, 0.25) is 0 Å². The maximum atomic E-state index is 13.3. The summed E-state index contributed by atoms with van der Waals surface area (Å²) in [4.78, 5) is 24.8. The molecule has 0 N–H and O–H groups in total. The summed E-state index contributed by atoms with van der Waals surface area (Å²) < 4.78 is 47.5. The second-order valence-electron chi connectivity index (χ2n) is 8.00. The van der Waals surface area contributed by atoms with Gasteiger partial charge in [-0.3, -0.25) is 9.59 Å². The van der Waals surface area contributed by atoms with Crippen molar-refractivity contribution < 1.29 is 27.5 Å². The molecule has 8 heteroatoms. The molecule has 0 unspecified atom stereocenters. The fourth-order valence-corrected chi connectivity index (χ4v) is 4.30. The molecular weight excluding hydrogens is 479 g/mol. The van der Waals surface area contributed by atoms with E-state index in [1.165, 1.54) is 6.07 Å². The van der Waals surface area contributed by atoms with Crippen molar-refractivity contribution in [3.8, 4) is 5.75 Å². The molecule has 35 heavy (non-hydrogen) atoms. The van der Waals surface area contributed by atoms with E-state index in [-0.39, 0.29) is 18.6 Å². The second-order valence-corrected chi connectivity index (χ2v) is 8.34. The highest BCUT2D eigenvalue weighted by molar-refractivity contribution is 6.83. The minimum atomic E-state index is -4.48. The van der Waals surface area contributed by atoms with Gasteiger partial charge in [0.1, 0.15) is 12.4 Å². The van der Waals surface area contributed by atoms with Crippen LogP contribution in [0.1, 0.15) is 45.2 Å². The lowest BCUT2D eigenvalue weighted by Gasteiger charge is -2.11. The molecule has 0 spiro atoms. The summed E-state index contributed by atoms with van der Waals surface area (Å²) in [6.45, 7) is 2.03. The fraction of sp³-hybridized carbons (Fsp3) is 0.185. The second kappa shape index (κ2) is 9.96. The monoisotopic (exact) mass is 499 g/mol. The molecule has 4 rings (SSSR count). The van der Waals surface area contributed by atoms with Crippen LogP contribution in [0.3, 0.4) is 0 Å². The molecule has 0 radical (unpaired) electrons. The molecule has 4 nitrogen and oxygen atoms in total. The average molecular weight is 500 g/mol. The standard InChI is InChI=1S/C27H21ClF3NO3/c1-2-20-21(15-18-10-6-11-19(14-18)27(29,30)31)32-13-7-12-22(24(32)23(20)25(33)26(28)34)35-16-17-8-4-3-5-9-17/h3-14H,2,15-16H2,1H3. The first-order chi connectivity index (χ1) is 16.7. The van der Waals surface area contributed by atoms with Gasteiger partial charge in [-0.15, -0.1) is 0 Å². The van der Waals surface area contributed by atoms with Crippen molar-refractivity contribution in [3.63, 3.8) is 0 Å². The Balaban J connectivity index is 1.86. The Morgan fingerprint density at radius 1 is 0.971 bits per heavy atom. The summed E-state index contributed by atoms with van der Waals surface area (Å²) in [6.07, 6.45) is -2.31. The number of ketones is 1. The van der Waals surface area contributed by atoms with Crippen molar-refractivity contribution in [2.75, 3.05) is 0 Å². The van der Waals surface area contributed by atoms with Gasteiger partial charge in [-0.1, -0.05) is 55.5 Å². The molecule has 2 aromatic carbocycles. The first kappa shape index (κ1) is 24.5. The third-order valence-corrected chi connectivity index (χ3v) is 5.93. The van der Waals surface area contributed by atoms with Crippen LogP contribution in [0.25, 0.3) is 5.52 Å². The summed E-state index contributed by atoms with van der Waals surface area (Å²) >= 11 is 5.59. The van der Waals surface area contributed by atoms with E-state index in [9.17, 15) is 22.8 Å². The number of carbonyl (C=O) groups excluding carboxylic acids is 2. The van der Waals surface area contributed by atoms with Gasteiger partial charge in [-0.05, 0) is 52.9 Å². The molecular formula is C27H21ClF3NO3. The highest BCUT2D eigenvalue weighted by Gasteiger charge is 2.31. The van der Waals surface area contributed by atoms with Crippen LogP contribution in [0, 0.1) is 0 Å². The first-order valence-corrected chi connectivity index (χ1v) is 11.3. The predicted octanol–water partition coefficient (Wildman–Crippen LogP) is 6.64. The maximum absolute atomic E-state index is 13.3. The molecule has 0 saturated carbocycles. The lowest BCUT2D eigenvalue weighted by Crippen LogP contribution is -2.10. The molecule has 0 amide bonds. The Labute approximate surface area is 204 Å². The van der Waals surface area contributed by atoms with E-state index in [2.05, 4.69) is 0 Å². The number of halogens is 4. The number of fused-ring (bicyclic) bond motifs is 1. The van der Waals surface area contributed by atoms with Crippen LogP contribution in [0.15, 0.2) is 72.9 Å². The number of alkyl halides is 3. The molecule has 2 heterocycles. The Morgan fingerprint density at radius 2 is 1.69 bits per heavy atom. The van der Waals surface area contributed by atoms with E-state index in [1.807, 2.05) is 37.3 Å². The van der Waals surface area contributed by atoms with Crippen LogP contribution in [0.5, 0.6) is 5.75 Å². The van der Waals surface area contributed by atoms with Crippen molar-refractivity contribution in [1.29, 1.82) is 0 Å². The number of aromatic nitrogens is 1. The van der Waals surface area contributed by atoms with Crippen molar-refractivity contribution in [1.82, 2.24) is 4.40 Å². The molecule has 0 aliphatic carbocycles. The summed E-state index contributed by atoms with van der Waals surface area (Å²) in [7, 11) is 0. The third-order valence-electron chi connectivity index (χ3n) is 5.76. The Bertz CT molecular complexity index is 1390. The fourth-order valence-electron chi connectivity index (χ4n) is 4.21. The number of ether oxygens (including phenoxy) is 1. The van der Waals surface area contributed by atoms with Gasteiger partial charge < -0.3 is 9.14 Å². The van der Waals surface area contributed by atoms with Crippen molar-refractivity contribution >= 4 is 28.1 Å². The van der Waals surface area contributed by atoms with Crippen molar-refractivity contribution in [2.24, 2.45) is 0 Å². The van der Waals surface area contributed by atoms with Gasteiger partial charge in [-0.25, -0.2) is 0 Å². The Morgan fingerprint density at radius 3 is 2.34 bits per heavy atom. The van der Waals surface area contributed by atoms with E-state index in [4.69, 9.17) is 16.3 Å². The van der Waals surface area contributed by atoms with E-state index in [0.29, 0.717) is 34.5 Å². The lowest BCUT2D eigenvalue weighted by molar-refractivity contribution is -0.137. The molecule has 2 aromatic heterocycles. The van der Waals surface area contributed by atoms with E-state index in [1.54, 1.807) is 28.8 Å². The molecule has 0 atom stereocenters. The normalized spacial score (nSPS) is 11.6. The number of carbonyl (C=O) groups is 2. The third kappa shape index (κ3) is 5.10. The Hall–Kier alpha value is -3.58. The maximum Gasteiger partial charge on any atom is 0.416 e. The molecule has 0 aliphatic rings. The Kier molecular flexibility index (Phi) is 6.98. The van der Waals surface area contributed by atoms with Gasteiger partial charge in [0.15, 0.2) is 0 Å². The zero-order valence-electron chi connectivity index (χ0n) is 18.7. The molecule has 0 bridgehead atoms. The van der Waals surface area contributed by atoms with Gasteiger partial charge >= 0.3 is 6.18 Å². The molecule has 4 aromatic rings. The predicted molar refractivity (Wildman–Crippen MR) is 127 cm³/mol. The van der Waals surface area contributed by atoms with E-state index in [0.717, 1.165) is 17.7 Å². The topological polar surface area (TPSA) is 47.8 Å². The molecule has 180 valence electrons. The number of Topliss-reactive ketones (excluding diaryl/α,β-unsaturated/α-hetero) is 1. The largest absolute Gasteiger partial charge is 0.487 e. The van der Waals surface area contributed by atoms with Crippen LogP contribution < -0.4 is 4.74 Å². The van der Waals surface area contributed by atoms with Crippen LogP contribution >= 0.6 is 11.6 Å². The highest BCUT2D eigenvalue weighted by Crippen LogP contribution is 2.35. The smallest absolute Gasteiger partial charge is 0.416 e. The van der Waals surface area contributed by atoms with Crippen molar-refractivity contribution in [3.05, 3.63) is 106 Å². The molecule has 0 aliphatic heterocycles. The summed E-state index contributed by atoms with van der Waals surface area (Å²) in [5.74, 6) is -0.519. The van der Waals surface area contributed by atoms with Gasteiger partial charge in [0, 0.05) is 18.3 Å². The van der Waals surface area contributed by atoms with Gasteiger partial charge in [0.2, 0.25) is 5.78 Å². The summed E-state index contributed by atoms with van der Waals surface area (Å²) in [6, 6.07) is 17.9. The van der Waals surface area contributed by atoms with Crippen LogP contribution in [-0.2, 0) is 30.4 Å². The number of rotatable bonds is 8. The average Bonchev–Trinajstić information content (AvgIpc) is 3.16. The SMILES string of the molecule is CCc1c(C(=O)C(=O)Cl)c2c(OCc3ccccc3)cccn2c1Cc1cccc(C(F)(F)F)c1. The number of nitrogens with zero attached hydrogens (tertiary/aromatic N) is 1. The molecule has 0 fully saturated rings. The highest BCUT2D eigenvalue weighted by atomic mass is 35.5. The number of benzene rings is 2. The van der Waals surface area contributed by atoms with E-state index < -0.39 is 22.8 Å². The van der Waals surface area contributed by atoms with Gasteiger partial charge in [0.05, 0.1) is 16.6 Å². The zero-order valence-corrected chi connectivity index (χ0v) is 19.5.